The van der Waals surface area contributed by atoms with E-state index in [4.69, 9.17) is 16.3 Å². The summed E-state index contributed by atoms with van der Waals surface area (Å²) in [5, 5.41) is 5.78. The number of carbonyl (C=O) groups is 3. The van der Waals surface area contributed by atoms with Crippen molar-refractivity contribution in [1.29, 1.82) is 0 Å². The fraction of sp³-hybridized carbons (Fsp3) is 0.364. The van der Waals surface area contributed by atoms with Crippen molar-refractivity contribution in [3.8, 4) is 0 Å². The van der Waals surface area contributed by atoms with E-state index in [1.165, 1.54) is 53.5 Å². The molecule has 3 aromatic rings. The van der Waals surface area contributed by atoms with Gasteiger partial charge in [-0.05, 0) is 62.2 Å². The Bertz CT molecular complexity index is 1580. The lowest BCUT2D eigenvalue weighted by Crippen LogP contribution is -2.36. The van der Waals surface area contributed by atoms with Crippen molar-refractivity contribution < 1.29 is 27.5 Å². The number of halogens is 1. The Balaban J connectivity index is 1.34. The molecular formula is C33H38ClN3O6S2. The standard InChI is InChI=1S/C33H38ClN3O6S2/c1-2-37(25-15-9-6-10-16-25)45(41,42)26-19-20-28(34)29(21-26)36-31(38)22-43-33(40)27-17-11-12-18-30(27)44-23-32(39)35-24-13-7-4-3-5-8-14-24/h6,9-12,15-21,24H,2-5,7-8,13-14,22-23H2,1H3,(H,35,39)(H,36,38). The van der Waals surface area contributed by atoms with E-state index in [9.17, 15) is 22.8 Å². The molecule has 45 heavy (non-hydrogen) atoms. The zero-order chi connectivity index (χ0) is 32.2. The van der Waals surface area contributed by atoms with Gasteiger partial charge in [-0.15, -0.1) is 11.8 Å². The smallest absolute Gasteiger partial charge is 0.339 e. The number of nitrogens with one attached hydrogen (secondary N) is 2. The van der Waals surface area contributed by atoms with Crippen LogP contribution in [0.1, 0.15) is 62.2 Å². The molecule has 0 heterocycles. The molecule has 240 valence electrons. The molecule has 2 N–H and O–H groups in total. The Morgan fingerprint density at radius 3 is 2.29 bits per heavy atom. The molecule has 3 aromatic carbocycles. The summed E-state index contributed by atoms with van der Waals surface area (Å²) in [6.45, 7) is 1.29. The monoisotopic (exact) mass is 671 g/mol. The minimum atomic E-state index is -3.96. The molecule has 9 nitrogen and oxygen atoms in total. The minimum Gasteiger partial charge on any atom is -0.452 e. The normalized spacial score (nSPS) is 14.1. The van der Waals surface area contributed by atoms with Crippen LogP contribution in [0.5, 0.6) is 0 Å². The van der Waals surface area contributed by atoms with Crippen molar-refractivity contribution in [2.24, 2.45) is 0 Å². The molecule has 0 bridgehead atoms. The van der Waals surface area contributed by atoms with Crippen molar-refractivity contribution in [3.05, 3.63) is 83.4 Å². The number of benzene rings is 3. The molecule has 1 aliphatic carbocycles. The van der Waals surface area contributed by atoms with E-state index in [1.807, 2.05) is 0 Å². The van der Waals surface area contributed by atoms with E-state index in [1.54, 1.807) is 61.5 Å². The molecule has 12 heteroatoms. The molecule has 4 rings (SSSR count). The number of sulfonamides is 1. The molecule has 0 spiro atoms. The fourth-order valence-corrected chi connectivity index (χ4v) is 7.66. The largest absolute Gasteiger partial charge is 0.452 e. The summed E-state index contributed by atoms with van der Waals surface area (Å²) in [4.78, 5) is 38.8. The summed E-state index contributed by atoms with van der Waals surface area (Å²) in [5.41, 5.74) is 0.802. The molecular weight excluding hydrogens is 634 g/mol. The van der Waals surface area contributed by atoms with Gasteiger partial charge in [-0.3, -0.25) is 13.9 Å². The lowest BCUT2D eigenvalue weighted by Gasteiger charge is -2.23. The van der Waals surface area contributed by atoms with Crippen LogP contribution in [-0.2, 0) is 24.3 Å². The number of carbonyl (C=O) groups excluding carboxylic acids is 3. The minimum absolute atomic E-state index is 0.0607. The third-order valence-electron chi connectivity index (χ3n) is 7.40. The molecule has 2 amide bonds. The number of amides is 2. The van der Waals surface area contributed by atoms with Crippen LogP contribution in [0.4, 0.5) is 11.4 Å². The Morgan fingerprint density at radius 2 is 1.58 bits per heavy atom. The second-order valence-corrected chi connectivity index (χ2v) is 14.0. The highest BCUT2D eigenvalue weighted by Gasteiger charge is 2.25. The number of anilines is 2. The summed E-state index contributed by atoms with van der Waals surface area (Å²) in [7, 11) is -3.96. The van der Waals surface area contributed by atoms with Gasteiger partial charge in [0.25, 0.3) is 15.9 Å². The van der Waals surface area contributed by atoms with Crippen molar-refractivity contribution in [3.63, 3.8) is 0 Å². The maximum atomic E-state index is 13.4. The summed E-state index contributed by atoms with van der Waals surface area (Å²) < 4.78 is 33.3. The lowest BCUT2D eigenvalue weighted by atomic mass is 9.97. The first kappa shape index (κ1) is 34.3. The zero-order valence-corrected chi connectivity index (χ0v) is 27.6. The predicted molar refractivity (Wildman–Crippen MR) is 178 cm³/mol. The number of nitrogens with zero attached hydrogens (tertiary/aromatic N) is 1. The van der Waals surface area contributed by atoms with Gasteiger partial charge in [-0.1, -0.05) is 74.0 Å². The zero-order valence-electron chi connectivity index (χ0n) is 25.2. The predicted octanol–water partition coefficient (Wildman–Crippen LogP) is 6.67. The first-order chi connectivity index (χ1) is 21.7. The molecule has 1 saturated carbocycles. The van der Waals surface area contributed by atoms with Gasteiger partial charge in [0.1, 0.15) is 0 Å². The van der Waals surface area contributed by atoms with Crippen LogP contribution < -0.4 is 14.9 Å². The molecule has 0 radical (unpaired) electrons. The molecule has 0 aromatic heterocycles. The van der Waals surface area contributed by atoms with E-state index in [2.05, 4.69) is 10.6 Å². The van der Waals surface area contributed by atoms with Gasteiger partial charge >= 0.3 is 5.97 Å². The lowest BCUT2D eigenvalue weighted by molar-refractivity contribution is -0.120. The van der Waals surface area contributed by atoms with Crippen LogP contribution in [-0.4, -0.2) is 51.1 Å². The van der Waals surface area contributed by atoms with E-state index in [0.717, 1.165) is 25.7 Å². The van der Waals surface area contributed by atoms with Gasteiger partial charge in [-0.25, -0.2) is 13.2 Å². The Labute approximate surface area is 274 Å². The van der Waals surface area contributed by atoms with Crippen LogP contribution >= 0.6 is 23.4 Å². The van der Waals surface area contributed by atoms with E-state index < -0.39 is 28.5 Å². The number of para-hydroxylation sites is 1. The van der Waals surface area contributed by atoms with Gasteiger partial charge in [0.2, 0.25) is 5.91 Å². The molecule has 1 fully saturated rings. The Kier molecular flexibility index (Phi) is 12.7. The summed E-state index contributed by atoms with van der Waals surface area (Å²) in [6.07, 6.45) is 7.84. The summed E-state index contributed by atoms with van der Waals surface area (Å²) in [5.74, 6) is -1.35. The number of esters is 1. The van der Waals surface area contributed by atoms with Gasteiger partial charge in [-0.2, -0.15) is 0 Å². The number of ether oxygens (including phenoxy) is 1. The molecule has 0 atom stereocenters. The number of rotatable bonds is 12. The van der Waals surface area contributed by atoms with Gasteiger partial charge < -0.3 is 15.4 Å². The highest BCUT2D eigenvalue weighted by Crippen LogP contribution is 2.29. The highest BCUT2D eigenvalue weighted by atomic mass is 35.5. The van der Waals surface area contributed by atoms with E-state index in [0.29, 0.717) is 10.6 Å². The van der Waals surface area contributed by atoms with Crippen LogP contribution in [0.2, 0.25) is 5.02 Å². The van der Waals surface area contributed by atoms with Crippen molar-refractivity contribution in [2.45, 2.75) is 67.7 Å². The second kappa shape index (κ2) is 16.7. The number of hydrogen-bond donors (Lipinski definition) is 2. The van der Waals surface area contributed by atoms with Crippen molar-refractivity contribution in [1.82, 2.24) is 5.32 Å². The van der Waals surface area contributed by atoms with Gasteiger partial charge in [0.05, 0.1) is 32.6 Å². The fourth-order valence-electron chi connectivity index (χ4n) is 5.14. The van der Waals surface area contributed by atoms with Gasteiger partial charge in [0.15, 0.2) is 6.61 Å². The van der Waals surface area contributed by atoms with Crippen molar-refractivity contribution in [2.75, 3.05) is 28.5 Å². The maximum absolute atomic E-state index is 13.4. The molecule has 0 aliphatic heterocycles. The van der Waals surface area contributed by atoms with Gasteiger partial charge in [0, 0.05) is 17.5 Å². The third kappa shape index (κ3) is 9.72. The summed E-state index contributed by atoms with van der Waals surface area (Å²) in [6, 6.07) is 19.6. The molecule has 0 saturated heterocycles. The average Bonchev–Trinajstić information content (AvgIpc) is 3.02. The van der Waals surface area contributed by atoms with Crippen molar-refractivity contribution >= 4 is 62.5 Å². The Hall–Kier alpha value is -3.54. The average molecular weight is 672 g/mol. The van der Waals surface area contributed by atoms with Crippen LogP contribution in [0.3, 0.4) is 0 Å². The Morgan fingerprint density at radius 1 is 0.911 bits per heavy atom. The van der Waals surface area contributed by atoms with Crippen LogP contribution in [0.15, 0.2) is 82.6 Å². The maximum Gasteiger partial charge on any atom is 0.339 e. The van der Waals surface area contributed by atoms with Crippen LogP contribution in [0.25, 0.3) is 0 Å². The van der Waals surface area contributed by atoms with E-state index in [-0.39, 0.29) is 45.4 Å². The van der Waals surface area contributed by atoms with E-state index >= 15 is 0 Å². The number of thioether (sulfide) groups is 1. The first-order valence-electron chi connectivity index (χ1n) is 15.0. The third-order valence-corrected chi connectivity index (χ3v) is 10.7. The van der Waals surface area contributed by atoms with Crippen LogP contribution in [0, 0.1) is 0 Å². The topological polar surface area (TPSA) is 122 Å². The highest BCUT2D eigenvalue weighted by molar-refractivity contribution is 8.00. The number of hydrogen-bond acceptors (Lipinski definition) is 7. The molecule has 0 unspecified atom stereocenters. The SMILES string of the molecule is CCN(c1ccccc1)S(=O)(=O)c1ccc(Cl)c(NC(=O)COC(=O)c2ccccc2SCC(=O)NC2CCCCCCC2)c1. The quantitative estimate of drug-likeness (QED) is 0.163. The second-order valence-electron chi connectivity index (χ2n) is 10.7. The summed E-state index contributed by atoms with van der Waals surface area (Å²) >= 11 is 7.51. The first-order valence-corrected chi connectivity index (χ1v) is 17.8. The molecule has 1 aliphatic rings.